The third kappa shape index (κ3) is 5.23. The van der Waals surface area contributed by atoms with Crippen molar-refractivity contribution in [3.05, 3.63) is 64.2 Å². The average Bonchev–Trinajstić information content (AvgIpc) is 2.72. The number of halogens is 1. The number of piperidine rings is 1. The number of sulfonamides is 1. The Kier molecular flexibility index (Phi) is 6.90. The number of carbonyl (C=O) groups is 1. The number of esters is 1. The SMILES string of the molecule is CC(C)(C)c1ccc(COC(=O)c2cc(S(=O)(=O)N3CCCCC3)ccc2Cl)cc1. The fraction of sp³-hybridized carbons (Fsp3) is 0.435. The summed E-state index contributed by atoms with van der Waals surface area (Å²) in [4.78, 5) is 12.7. The number of ether oxygens (including phenoxy) is 1. The zero-order chi connectivity index (χ0) is 21.9. The summed E-state index contributed by atoms with van der Waals surface area (Å²) in [6.45, 7) is 7.48. The highest BCUT2D eigenvalue weighted by Crippen LogP contribution is 2.26. The molecule has 0 saturated carbocycles. The largest absolute Gasteiger partial charge is 0.457 e. The molecule has 0 aromatic heterocycles. The van der Waals surface area contributed by atoms with E-state index in [0.717, 1.165) is 24.8 Å². The summed E-state index contributed by atoms with van der Waals surface area (Å²) in [6.07, 6.45) is 2.71. The highest BCUT2D eigenvalue weighted by Gasteiger charge is 2.27. The first-order valence-corrected chi connectivity index (χ1v) is 12.0. The van der Waals surface area contributed by atoms with Crippen LogP contribution in [0.1, 0.15) is 61.5 Å². The van der Waals surface area contributed by atoms with Gasteiger partial charge in [0.15, 0.2) is 0 Å². The molecule has 0 atom stereocenters. The van der Waals surface area contributed by atoms with Gasteiger partial charge in [0.1, 0.15) is 6.61 Å². The Bertz CT molecular complexity index is 1000. The van der Waals surface area contributed by atoms with Crippen LogP contribution in [-0.4, -0.2) is 31.8 Å². The van der Waals surface area contributed by atoms with E-state index in [-0.39, 0.29) is 27.5 Å². The van der Waals surface area contributed by atoms with Gasteiger partial charge in [-0.25, -0.2) is 13.2 Å². The van der Waals surface area contributed by atoms with Gasteiger partial charge in [-0.1, -0.05) is 63.1 Å². The molecular weight excluding hydrogens is 422 g/mol. The summed E-state index contributed by atoms with van der Waals surface area (Å²) in [5.74, 6) is -0.643. The maximum Gasteiger partial charge on any atom is 0.340 e. The van der Waals surface area contributed by atoms with Crippen LogP contribution in [0, 0.1) is 0 Å². The molecule has 0 N–H and O–H groups in total. The van der Waals surface area contributed by atoms with Gasteiger partial charge in [0.2, 0.25) is 10.0 Å². The summed E-state index contributed by atoms with van der Waals surface area (Å²) in [5.41, 5.74) is 2.14. The highest BCUT2D eigenvalue weighted by molar-refractivity contribution is 7.89. The van der Waals surface area contributed by atoms with Gasteiger partial charge in [0.25, 0.3) is 0 Å². The lowest BCUT2D eigenvalue weighted by Crippen LogP contribution is -2.35. The molecule has 5 nitrogen and oxygen atoms in total. The predicted molar refractivity (Wildman–Crippen MR) is 118 cm³/mol. The second kappa shape index (κ2) is 9.08. The minimum absolute atomic E-state index is 0.0447. The standard InChI is InChI=1S/C23H28ClNO4S/c1-23(2,3)18-9-7-17(8-10-18)16-29-22(26)20-15-19(11-12-21(20)24)30(27,28)25-13-5-4-6-14-25/h7-12,15H,4-6,13-14,16H2,1-3H3. The minimum atomic E-state index is -3.65. The van der Waals surface area contributed by atoms with E-state index in [2.05, 4.69) is 20.8 Å². The van der Waals surface area contributed by atoms with Gasteiger partial charge in [-0.3, -0.25) is 0 Å². The molecule has 1 heterocycles. The van der Waals surface area contributed by atoms with Crippen LogP contribution in [0.3, 0.4) is 0 Å². The van der Waals surface area contributed by atoms with Crippen molar-refractivity contribution in [1.82, 2.24) is 4.31 Å². The fourth-order valence-electron chi connectivity index (χ4n) is 3.40. The van der Waals surface area contributed by atoms with Crippen molar-refractivity contribution in [3.8, 4) is 0 Å². The van der Waals surface area contributed by atoms with Crippen molar-refractivity contribution < 1.29 is 17.9 Å². The molecule has 0 amide bonds. The van der Waals surface area contributed by atoms with Crippen molar-refractivity contribution in [1.29, 1.82) is 0 Å². The van der Waals surface area contributed by atoms with Crippen molar-refractivity contribution in [2.75, 3.05) is 13.1 Å². The topological polar surface area (TPSA) is 63.7 Å². The Labute approximate surface area is 184 Å². The van der Waals surface area contributed by atoms with Crippen molar-refractivity contribution in [3.63, 3.8) is 0 Å². The first-order valence-electron chi connectivity index (χ1n) is 10.2. The second-order valence-corrected chi connectivity index (χ2v) is 11.0. The Morgan fingerprint density at radius 1 is 1.03 bits per heavy atom. The quantitative estimate of drug-likeness (QED) is 0.591. The van der Waals surface area contributed by atoms with E-state index in [9.17, 15) is 13.2 Å². The number of rotatable bonds is 5. The summed E-state index contributed by atoms with van der Waals surface area (Å²) < 4.78 is 32.7. The van der Waals surface area contributed by atoms with Gasteiger partial charge in [-0.15, -0.1) is 0 Å². The van der Waals surface area contributed by atoms with E-state index >= 15 is 0 Å². The molecule has 0 spiro atoms. The molecule has 0 bridgehead atoms. The van der Waals surface area contributed by atoms with Gasteiger partial charge in [0, 0.05) is 13.1 Å². The smallest absolute Gasteiger partial charge is 0.340 e. The van der Waals surface area contributed by atoms with Crippen LogP contribution < -0.4 is 0 Å². The molecule has 0 radical (unpaired) electrons. The lowest BCUT2D eigenvalue weighted by Gasteiger charge is -2.26. The normalized spacial score (nSPS) is 15.7. The minimum Gasteiger partial charge on any atom is -0.457 e. The summed E-state index contributed by atoms with van der Waals surface area (Å²) in [7, 11) is -3.65. The van der Waals surface area contributed by atoms with E-state index in [1.807, 2.05) is 24.3 Å². The summed E-state index contributed by atoms with van der Waals surface area (Å²) in [5, 5.41) is 0.167. The van der Waals surface area contributed by atoms with Crippen molar-refractivity contribution >= 4 is 27.6 Å². The van der Waals surface area contributed by atoms with Crippen LogP contribution in [0.5, 0.6) is 0 Å². The van der Waals surface area contributed by atoms with Crippen molar-refractivity contribution in [2.24, 2.45) is 0 Å². The second-order valence-electron chi connectivity index (χ2n) is 8.63. The van der Waals surface area contributed by atoms with Crippen LogP contribution in [0.4, 0.5) is 0 Å². The first kappa shape index (κ1) is 22.8. The fourth-order valence-corrected chi connectivity index (χ4v) is 5.14. The summed E-state index contributed by atoms with van der Waals surface area (Å²) >= 11 is 6.17. The van der Waals surface area contributed by atoms with Gasteiger partial charge in [-0.05, 0) is 47.6 Å². The maximum atomic E-state index is 12.9. The molecule has 30 heavy (non-hydrogen) atoms. The Hall–Kier alpha value is -1.89. The van der Waals surface area contributed by atoms with Crippen LogP contribution in [0.25, 0.3) is 0 Å². The molecule has 1 aliphatic rings. The average molecular weight is 450 g/mol. The molecule has 3 rings (SSSR count). The molecule has 1 saturated heterocycles. The van der Waals surface area contributed by atoms with E-state index in [4.69, 9.17) is 16.3 Å². The van der Waals surface area contributed by atoms with Crippen LogP contribution in [0.2, 0.25) is 5.02 Å². The number of carbonyl (C=O) groups excluding carboxylic acids is 1. The molecule has 7 heteroatoms. The molecule has 1 fully saturated rings. The Morgan fingerprint density at radius 3 is 2.27 bits per heavy atom. The van der Waals surface area contributed by atoms with Gasteiger partial charge in [0.05, 0.1) is 15.5 Å². The molecule has 0 unspecified atom stereocenters. The molecule has 2 aromatic carbocycles. The zero-order valence-electron chi connectivity index (χ0n) is 17.7. The predicted octanol–water partition coefficient (Wildman–Crippen LogP) is 5.17. The van der Waals surface area contributed by atoms with Crippen LogP contribution in [0.15, 0.2) is 47.4 Å². The summed E-state index contributed by atoms with van der Waals surface area (Å²) in [6, 6.07) is 12.1. The number of benzene rings is 2. The zero-order valence-corrected chi connectivity index (χ0v) is 19.2. The molecule has 0 aliphatic carbocycles. The maximum absolute atomic E-state index is 12.9. The third-order valence-electron chi connectivity index (χ3n) is 5.30. The number of nitrogens with zero attached hydrogens (tertiary/aromatic N) is 1. The Morgan fingerprint density at radius 2 is 1.67 bits per heavy atom. The third-order valence-corrected chi connectivity index (χ3v) is 7.52. The highest BCUT2D eigenvalue weighted by atomic mass is 35.5. The van der Waals surface area contributed by atoms with E-state index in [1.165, 1.54) is 28.1 Å². The lowest BCUT2D eigenvalue weighted by molar-refractivity contribution is 0.0472. The molecule has 162 valence electrons. The molecular formula is C23H28ClNO4S. The van der Waals surface area contributed by atoms with E-state index in [0.29, 0.717) is 13.1 Å². The van der Waals surface area contributed by atoms with E-state index < -0.39 is 16.0 Å². The van der Waals surface area contributed by atoms with Gasteiger partial charge in [-0.2, -0.15) is 4.31 Å². The van der Waals surface area contributed by atoms with Crippen molar-refractivity contribution in [2.45, 2.75) is 57.0 Å². The lowest BCUT2D eigenvalue weighted by atomic mass is 9.87. The molecule has 1 aliphatic heterocycles. The monoisotopic (exact) mass is 449 g/mol. The van der Waals surface area contributed by atoms with E-state index in [1.54, 1.807) is 0 Å². The number of hydrogen-bond acceptors (Lipinski definition) is 4. The van der Waals surface area contributed by atoms with Gasteiger partial charge >= 0.3 is 5.97 Å². The van der Waals surface area contributed by atoms with Crippen LogP contribution >= 0.6 is 11.6 Å². The molecule has 2 aromatic rings. The van der Waals surface area contributed by atoms with Gasteiger partial charge < -0.3 is 4.74 Å². The first-order chi connectivity index (χ1) is 14.1. The number of hydrogen-bond donors (Lipinski definition) is 0. The van der Waals surface area contributed by atoms with Crippen LogP contribution in [-0.2, 0) is 26.8 Å². The Balaban J connectivity index is 1.73.